The van der Waals surface area contributed by atoms with Gasteiger partial charge in [0.05, 0.1) is 0 Å². The number of likely N-dealkylation sites (tertiary alicyclic amines) is 1. The SMILES string of the molecule is CNC(=O)NC(=O)CCN1CCC(C(C)N)C1. The Kier molecular flexibility index (Phi) is 5.37. The molecule has 1 aliphatic rings. The van der Waals surface area contributed by atoms with Gasteiger partial charge in [0, 0.05) is 32.6 Å². The molecule has 0 spiro atoms. The number of hydrogen-bond donors (Lipinski definition) is 3. The molecule has 0 aromatic heterocycles. The number of amides is 3. The van der Waals surface area contributed by atoms with Gasteiger partial charge in [0.25, 0.3) is 0 Å². The molecule has 1 aliphatic heterocycles. The van der Waals surface area contributed by atoms with Crippen LogP contribution in [0.25, 0.3) is 0 Å². The first-order valence-electron chi connectivity index (χ1n) is 6.02. The van der Waals surface area contributed by atoms with Crippen LogP contribution in [0.15, 0.2) is 0 Å². The van der Waals surface area contributed by atoms with Gasteiger partial charge in [-0.25, -0.2) is 4.79 Å². The average Bonchev–Trinajstić information content (AvgIpc) is 2.75. The van der Waals surface area contributed by atoms with Crippen LogP contribution in [0.1, 0.15) is 19.8 Å². The Hall–Kier alpha value is -1.14. The number of imide groups is 1. The molecule has 6 nitrogen and oxygen atoms in total. The van der Waals surface area contributed by atoms with Crippen LogP contribution in [0.4, 0.5) is 4.79 Å². The monoisotopic (exact) mass is 242 g/mol. The predicted molar refractivity (Wildman–Crippen MR) is 65.4 cm³/mol. The lowest BCUT2D eigenvalue weighted by Crippen LogP contribution is -2.39. The quantitative estimate of drug-likeness (QED) is 0.620. The summed E-state index contributed by atoms with van der Waals surface area (Å²) in [6, 6.07) is -0.246. The second-order valence-corrected chi connectivity index (χ2v) is 4.59. The van der Waals surface area contributed by atoms with Crippen LogP contribution >= 0.6 is 0 Å². The van der Waals surface area contributed by atoms with Gasteiger partial charge in [-0.2, -0.15) is 0 Å². The van der Waals surface area contributed by atoms with Gasteiger partial charge in [-0.15, -0.1) is 0 Å². The maximum atomic E-state index is 11.4. The van der Waals surface area contributed by atoms with E-state index in [1.54, 1.807) is 0 Å². The van der Waals surface area contributed by atoms with E-state index in [1.165, 1.54) is 7.05 Å². The largest absolute Gasteiger partial charge is 0.341 e. The summed E-state index contributed by atoms with van der Waals surface area (Å²) >= 11 is 0. The lowest BCUT2D eigenvalue weighted by atomic mass is 10.0. The molecule has 0 saturated carbocycles. The number of nitrogens with one attached hydrogen (secondary N) is 2. The number of carbonyl (C=O) groups is 2. The minimum atomic E-state index is -0.454. The second kappa shape index (κ2) is 6.56. The van der Waals surface area contributed by atoms with Crippen molar-refractivity contribution in [2.75, 3.05) is 26.7 Å². The number of nitrogens with zero attached hydrogens (tertiary/aromatic N) is 1. The molecule has 6 heteroatoms. The molecular formula is C11H22N4O2. The molecule has 2 atom stereocenters. The van der Waals surface area contributed by atoms with Crippen molar-refractivity contribution in [2.45, 2.75) is 25.8 Å². The highest BCUT2D eigenvalue weighted by molar-refractivity contribution is 5.94. The first-order valence-corrected chi connectivity index (χ1v) is 6.02. The van der Waals surface area contributed by atoms with Crippen LogP contribution in [0, 0.1) is 5.92 Å². The molecule has 0 bridgehead atoms. The topological polar surface area (TPSA) is 87.5 Å². The average molecular weight is 242 g/mol. The molecule has 3 amide bonds. The smallest absolute Gasteiger partial charge is 0.321 e. The van der Waals surface area contributed by atoms with E-state index < -0.39 is 6.03 Å². The van der Waals surface area contributed by atoms with E-state index in [0.717, 1.165) is 19.5 Å². The summed E-state index contributed by atoms with van der Waals surface area (Å²) in [6.07, 6.45) is 1.44. The lowest BCUT2D eigenvalue weighted by Gasteiger charge is -2.17. The number of carbonyl (C=O) groups excluding carboxylic acids is 2. The predicted octanol–water partition coefficient (Wildman–Crippen LogP) is -0.499. The first kappa shape index (κ1) is 13.9. The van der Waals surface area contributed by atoms with Crippen LogP contribution in [0.2, 0.25) is 0 Å². The van der Waals surface area contributed by atoms with Gasteiger partial charge in [-0.3, -0.25) is 10.1 Å². The fourth-order valence-corrected chi connectivity index (χ4v) is 2.01. The maximum Gasteiger partial charge on any atom is 0.321 e. The van der Waals surface area contributed by atoms with Gasteiger partial charge in [0.15, 0.2) is 0 Å². The summed E-state index contributed by atoms with van der Waals surface area (Å²) in [6.45, 7) is 4.64. The molecule has 1 heterocycles. The van der Waals surface area contributed by atoms with E-state index in [1.807, 2.05) is 6.92 Å². The van der Waals surface area contributed by atoms with Crippen LogP contribution < -0.4 is 16.4 Å². The molecule has 1 saturated heterocycles. The van der Waals surface area contributed by atoms with Crippen molar-refractivity contribution in [3.05, 3.63) is 0 Å². The second-order valence-electron chi connectivity index (χ2n) is 4.59. The minimum Gasteiger partial charge on any atom is -0.341 e. The third-order valence-electron chi connectivity index (χ3n) is 3.19. The Morgan fingerprint density at radius 1 is 1.53 bits per heavy atom. The zero-order valence-electron chi connectivity index (χ0n) is 10.5. The zero-order chi connectivity index (χ0) is 12.8. The molecule has 0 aromatic carbocycles. The third-order valence-corrected chi connectivity index (χ3v) is 3.19. The molecular weight excluding hydrogens is 220 g/mol. The number of urea groups is 1. The summed E-state index contributed by atoms with van der Waals surface area (Å²) in [5.74, 6) is 0.283. The molecule has 2 unspecified atom stereocenters. The zero-order valence-corrected chi connectivity index (χ0v) is 10.5. The maximum absolute atomic E-state index is 11.4. The molecule has 1 fully saturated rings. The van der Waals surface area contributed by atoms with Gasteiger partial charge in [-0.1, -0.05) is 0 Å². The van der Waals surface area contributed by atoms with E-state index in [9.17, 15) is 9.59 Å². The summed E-state index contributed by atoms with van der Waals surface area (Å²) in [7, 11) is 1.48. The van der Waals surface area contributed by atoms with Gasteiger partial charge in [0.1, 0.15) is 0 Å². The fraction of sp³-hybridized carbons (Fsp3) is 0.818. The van der Waals surface area contributed by atoms with Crippen LogP contribution in [0.3, 0.4) is 0 Å². The standard InChI is InChI=1S/C11H22N4O2/c1-8(12)9-3-5-15(7-9)6-4-10(16)14-11(17)13-2/h8-9H,3-7,12H2,1-2H3,(H2,13,14,16,17). The van der Waals surface area contributed by atoms with Crippen molar-refractivity contribution in [3.8, 4) is 0 Å². The summed E-state index contributed by atoms with van der Waals surface area (Å²) in [5, 5.41) is 4.59. The van der Waals surface area contributed by atoms with Gasteiger partial charge in [0.2, 0.25) is 5.91 Å². The fourth-order valence-electron chi connectivity index (χ4n) is 2.01. The highest BCUT2D eigenvalue weighted by Gasteiger charge is 2.25. The van der Waals surface area contributed by atoms with Crippen LogP contribution in [-0.2, 0) is 4.79 Å². The van der Waals surface area contributed by atoms with Crippen molar-refractivity contribution in [1.29, 1.82) is 0 Å². The Labute approximate surface area is 102 Å². The van der Waals surface area contributed by atoms with Crippen molar-refractivity contribution in [2.24, 2.45) is 11.7 Å². The third kappa shape index (κ3) is 4.70. The highest BCUT2D eigenvalue weighted by Crippen LogP contribution is 2.18. The number of rotatable bonds is 4. The first-order chi connectivity index (χ1) is 8.02. The van der Waals surface area contributed by atoms with Gasteiger partial charge in [-0.05, 0) is 25.8 Å². The Bertz CT molecular complexity index is 281. The summed E-state index contributed by atoms with van der Waals surface area (Å²) in [5.41, 5.74) is 5.84. The van der Waals surface area contributed by atoms with Crippen molar-refractivity contribution in [1.82, 2.24) is 15.5 Å². The normalized spacial score (nSPS) is 22.2. The number of hydrogen-bond acceptors (Lipinski definition) is 4. The van der Waals surface area contributed by atoms with Crippen molar-refractivity contribution in [3.63, 3.8) is 0 Å². The molecule has 0 aromatic rings. The highest BCUT2D eigenvalue weighted by atomic mass is 16.2. The van der Waals surface area contributed by atoms with Crippen molar-refractivity contribution >= 4 is 11.9 Å². The lowest BCUT2D eigenvalue weighted by molar-refractivity contribution is -0.120. The van der Waals surface area contributed by atoms with E-state index in [4.69, 9.17) is 5.73 Å². The Morgan fingerprint density at radius 3 is 2.76 bits per heavy atom. The van der Waals surface area contributed by atoms with Crippen LogP contribution in [-0.4, -0.2) is 49.6 Å². The van der Waals surface area contributed by atoms with E-state index in [2.05, 4.69) is 15.5 Å². The van der Waals surface area contributed by atoms with E-state index >= 15 is 0 Å². The van der Waals surface area contributed by atoms with Gasteiger partial charge >= 0.3 is 6.03 Å². The molecule has 17 heavy (non-hydrogen) atoms. The van der Waals surface area contributed by atoms with Gasteiger partial charge < -0.3 is 16.0 Å². The van der Waals surface area contributed by atoms with E-state index in [-0.39, 0.29) is 11.9 Å². The Morgan fingerprint density at radius 2 is 2.24 bits per heavy atom. The van der Waals surface area contributed by atoms with E-state index in [0.29, 0.717) is 18.9 Å². The molecule has 4 N–H and O–H groups in total. The Balaban J connectivity index is 2.19. The summed E-state index contributed by atoms with van der Waals surface area (Å²) < 4.78 is 0. The summed E-state index contributed by atoms with van der Waals surface area (Å²) in [4.78, 5) is 24.5. The molecule has 1 rings (SSSR count). The minimum absolute atomic E-state index is 0.208. The number of nitrogens with two attached hydrogens (primary N) is 1. The molecule has 98 valence electrons. The molecule has 0 aliphatic carbocycles. The van der Waals surface area contributed by atoms with Crippen LogP contribution in [0.5, 0.6) is 0 Å². The molecule has 0 radical (unpaired) electrons. The van der Waals surface area contributed by atoms with Crippen molar-refractivity contribution < 1.29 is 9.59 Å².